The van der Waals surface area contributed by atoms with Crippen LogP contribution >= 0.6 is 66.6 Å². The zero-order valence-electron chi connectivity index (χ0n) is 35.3. The third-order valence-corrected chi connectivity index (χ3v) is 16.4. The van der Waals surface area contributed by atoms with Gasteiger partial charge in [0.15, 0.2) is 6.29 Å². The molecule has 0 radical (unpaired) electrons. The van der Waals surface area contributed by atoms with E-state index in [4.69, 9.17) is 47.5 Å². The number of carbonyl (C=O) groups is 2. The standard InChI is InChI=1S/C32H55N4O21P3S4/c1-5-48-18-19-49-17-13-34-31(40)52-16-11-32(3,4)64-63-22-50-14-7-8-15-51-30(39)33-12-9-10-24-21-36(29(38)35-27(24)37)26-20-25(53-23-62-61-6-2)28(54-26)55-59(44,45)57-60(46,47)56-58(41,42)43/h21,25-26,28H,5-8,11-20,22-23H2,1-4H3,(H,33,39)(H,34,40)(H,44,45)(H,46,47)(H,35,37,38)(H2,41,42,43)/t25-,26-,28?/m1/s1. The molecule has 64 heavy (non-hydrogen) atoms. The van der Waals surface area contributed by atoms with Gasteiger partial charge >= 0.3 is 41.3 Å². The van der Waals surface area contributed by atoms with E-state index >= 15 is 0 Å². The summed E-state index contributed by atoms with van der Waals surface area (Å²) in [5.74, 6) is 6.17. The molecule has 2 amide bonds. The first kappa shape index (κ1) is 58.5. The number of rotatable bonds is 32. The molecule has 2 rings (SSSR count). The Kier molecular flexibility index (Phi) is 28.1. The fourth-order valence-electron chi connectivity index (χ4n) is 4.60. The number of aromatic amines is 1. The van der Waals surface area contributed by atoms with E-state index in [1.54, 1.807) is 10.8 Å². The SMILES string of the molecule is CCOCCOCCNC(=O)OCCC(C)(C)SSCOCCCCOC(=O)NCC#Cc1cn([C@H]2C[C@@H](OCSSCC)C(OP(=O)(O)OP(=O)(O)OP(=O)(O)O)O2)c(=O)[nH]c1=O. The van der Waals surface area contributed by atoms with Gasteiger partial charge in [0.1, 0.15) is 29.8 Å². The van der Waals surface area contributed by atoms with Gasteiger partial charge in [-0.25, -0.2) is 28.1 Å². The molecule has 7 N–H and O–H groups in total. The quantitative estimate of drug-likeness (QED) is 0.0176. The molecule has 25 nitrogen and oxygen atoms in total. The highest BCUT2D eigenvalue weighted by atomic mass is 33.1. The molecule has 0 saturated carbocycles. The fraction of sp³-hybridized carbons (Fsp3) is 0.750. The third kappa shape index (κ3) is 26.7. The number of hydrogen-bond acceptors (Lipinski definition) is 21. The van der Waals surface area contributed by atoms with Gasteiger partial charge in [-0.3, -0.25) is 18.9 Å². The molecule has 1 aliphatic rings. The second-order valence-corrected chi connectivity index (χ2v) is 23.1. The molecule has 1 aromatic rings. The zero-order valence-corrected chi connectivity index (χ0v) is 41.2. The average Bonchev–Trinajstić information content (AvgIpc) is 3.57. The molecule has 32 heteroatoms. The highest BCUT2D eigenvalue weighted by Crippen LogP contribution is 2.67. The highest BCUT2D eigenvalue weighted by Gasteiger charge is 2.47. The van der Waals surface area contributed by atoms with Crippen molar-refractivity contribution in [1.29, 1.82) is 0 Å². The normalized spacial score (nSPS) is 18.3. The van der Waals surface area contributed by atoms with E-state index in [1.165, 1.54) is 32.4 Å². The summed E-state index contributed by atoms with van der Waals surface area (Å²) in [5, 5.41) is 5.04. The lowest BCUT2D eigenvalue weighted by atomic mass is 10.1. The lowest BCUT2D eigenvalue weighted by molar-refractivity contribution is -0.141. The van der Waals surface area contributed by atoms with E-state index in [2.05, 4.69) is 36.1 Å². The Morgan fingerprint density at radius 3 is 2.31 bits per heavy atom. The van der Waals surface area contributed by atoms with Crippen LogP contribution in [0.3, 0.4) is 0 Å². The smallest absolute Gasteiger partial charge is 0.450 e. The number of hydrogen-bond donors (Lipinski definition) is 7. The fourth-order valence-corrected chi connectivity index (χ4v) is 11.3. The molecule has 368 valence electrons. The second-order valence-electron chi connectivity index (χ2n) is 13.1. The van der Waals surface area contributed by atoms with Crippen molar-refractivity contribution in [2.45, 2.75) is 76.7 Å². The van der Waals surface area contributed by atoms with Crippen LogP contribution in [0.15, 0.2) is 15.8 Å². The Balaban J connectivity index is 1.75. The van der Waals surface area contributed by atoms with Crippen LogP contribution in [-0.2, 0) is 60.0 Å². The third-order valence-electron chi connectivity index (χ3n) is 7.40. The van der Waals surface area contributed by atoms with Crippen molar-refractivity contribution in [2.75, 3.05) is 77.0 Å². The summed E-state index contributed by atoms with van der Waals surface area (Å²) in [4.78, 5) is 88.5. The number of ether oxygens (including phenoxy) is 7. The van der Waals surface area contributed by atoms with E-state index in [0.717, 1.165) is 10.8 Å². The Morgan fingerprint density at radius 2 is 1.59 bits per heavy atom. The van der Waals surface area contributed by atoms with Crippen molar-refractivity contribution in [2.24, 2.45) is 0 Å². The van der Waals surface area contributed by atoms with Gasteiger partial charge in [-0.05, 0) is 40.0 Å². The van der Waals surface area contributed by atoms with Crippen LogP contribution in [0, 0.1) is 11.8 Å². The monoisotopic (exact) mass is 1050 g/mol. The van der Waals surface area contributed by atoms with E-state index < -0.39 is 65.5 Å². The molecule has 1 aliphatic heterocycles. The molecule has 3 unspecified atom stereocenters. The van der Waals surface area contributed by atoms with Gasteiger partial charge in [-0.1, -0.05) is 61.9 Å². The van der Waals surface area contributed by atoms with Crippen LogP contribution in [0.5, 0.6) is 0 Å². The first-order valence-corrected chi connectivity index (χ1v) is 28.5. The van der Waals surface area contributed by atoms with Crippen LogP contribution in [0.2, 0.25) is 0 Å². The van der Waals surface area contributed by atoms with Gasteiger partial charge in [0, 0.05) is 42.9 Å². The summed E-state index contributed by atoms with van der Waals surface area (Å²) in [6.07, 6.45) is -3.17. The Morgan fingerprint density at radius 1 is 0.891 bits per heavy atom. The van der Waals surface area contributed by atoms with Crippen molar-refractivity contribution >= 4 is 78.8 Å². The van der Waals surface area contributed by atoms with Gasteiger partial charge in [0.05, 0.1) is 39.6 Å². The number of H-pyrrole nitrogens is 1. The van der Waals surface area contributed by atoms with Crippen molar-refractivity contribution < 1.29 is 89.2 Å². The largest absolute Gasteiger partial charge is 0.490 e. The average molecular weight is 1050 g/mol. The van der Waals surface area contributed by atoms with E-state index in [0.29, 0.717) is 70.5 Å². The number of amides is 2. The summed E-state index contributed by atoms with van der Waals surface area (Å²) in [6.45, 7) is 10.7. The van der Waals surface area contributed by atoms with Crippen molar-refractivity contribution in [3.05, 3.63) is 32.6 Å². The summed E-state index contributed by atoms with van der Waals surface area (Å²) in [6, 6.07) is 0. The van der Waals surface area contributed by atoms with Crippen LogP contribution < -0.4 is 21.9 Å². The Hall–Kier alpha value is -1.61. The molecular weight excluding hydrogens is 998 g/mol. The molecule has 0 aliphatic carbocycles. The maximum Gasteiger partial charge on any atom is 0.490 e. The molecule has 0 bridgehead atoms. The lowest BCUT2D eigenvalue weighted by Crippen LogP contribution is -2.33. The molecule has 0 spiro atoms. The number of phosphoric ester groups is 1. The minimum Gasteiger partial charge on any atom is -0.450 e. The van der Waals surface area contributed by atoms with Crippen LogP contribution in [0.4, 0.5) is 9.59 Å². The Labute approximate surface area is 384 Å². The summed E-state index contributed by atoms with van der Waals surface area (Å²) in [7, 11) is -11.4. The summed E-state index contributed by atoms with van der Waals surface area (Å²) >= 11 is 0. The van der Waals surface area contributed by atoms with E-state index in [9.17, 15) is 42.7 Å². The van der Waals surface area contributed by atoms with Gasteiger partial charge in [-0.2, -0.15) is 8.62 Å². The lowest BCUT2D eigenvalue weighted by Gasteiger charge is -2.22. The topological polar surface area (TPSA) is 337 Å². The predicted octanol–water partition coefficient (Wildman–Crippen LogP) is 4.03. The first-order chi connectivity index (χ1) is 30.2. The van der Waals surface area contributed by atoms with Crippen molar-refractivity contribution in [3.8, 4) is 11.8 Å². The van der Waals surface area contributed by atoms with E-state index in [1.807, 2.05) is 27.7 Å². The number of carbonyl (C=O) groups excluding carboxylic acids is 2. The van der Waals surface area contributed by atoms with Crippen molar-refractivity contribution in [3.63, 3.8) is 0 Å². The van der Waals surface area contributed by atoms with Crippen molar-refractivity contribution in [1.82, 2.24) is 20.2 Å². The molecule has 0 aromatic carbocycles. The van der Waals surface area contributed by atoms with Crippen LogP contribution in [-0.4, -0.2) is 135 Å². The molecule has 2 heterocycles. The minimum atomic E-state index is -5.85. The predicted molar refractivity (Wildman–Crippen MR) is 237 cm³/mol. The van der Waals surface area contributed by atoms with Gasteiger partial charge in [0.2, 0.25) is 0 Å². The molecule has 1 aromatic heterocycles. The number of phosphoric acid groups is 3. The summed E-state index contributed by atoms with van der Waals surface area (Å²) in [5.41, 5.74) is -2.12. The number of unbranched alkanes of at least 4 members (excludes halogenated alkanes) is 1. The molecule has 1 saturated heterocycles. The number of aromatic nitrogens is 2. The summed E-state index contributed by atoms with van der Waals surface area (Å²) < 4.78 is 86.1. The Bertz CT molecular complexity index is 1920. The molecular formula is C32H55N4O21P3S4. The van der Waals surface area contributed by atoms with Crippen LogP contribution in [0.1, 0.15) is 65.2 Å². The maximum atomic E-state index is 12.8. The number of nitrogens with one attached hydrogen (secondary N) is 3. The minimum absolute atomic E-state index is 0.0217. The zero-order chi connectivity index (χ0) is 47.7. The number of nitrogens with zero attached hydrogens (tertiary/aromatic N) is 1. The van der Waals surface area contributed by atoms with Crippen LogP contribution in [0.25, 0.3) is 0 Å². The first-order valence-electron chi connectivity index (χ1n) is 19.2. The number of alkyl carbamates (subject to hydrolysis) is 2. The molecule has 5 atom stereocenters. The van der Waals surface area contributed by atoms with Gasteiger partial charge in [0.25, 0.3) is 5.56 Å². The van der Waals surface area contributed by atoms with Gasteiger partial charge < -0.3 is 63.4 Å². The van der Waals surface area contributed by atoms with Gasteiger partial charge in [-0.15, -0.1) is 0 Å². The van der Waals surface area contributed by atoms with E-state index in [-0.39, 0.29) is 42.4 Å². The second kappa shape index (κ2) is 30.7. The highest BCUT2D eigenvalue weighted by molar-refractivity contribution is 8.77. The maximum absolute atomic E-state index is 12.8. The molecule has 1 fully saturated rings.